The van der Waals surface area contributed by atoms with E-state index < -0.39 is 0 Å². The van der Waals surface area contributed by atoms with Gasteiger partial charge in [0.15, 0.2) is 5.11 Å². The minimum absolute atomic E-state index is 0.00475. The van der Waals surface area contributed by atoms with Gasteiger partial charge in [0.25, 0.3) is 0 Å². The van der Waals surface area contributed by atoms with Gasteiger partial charge in [0.1, 0.15) is 0 Å². The maximum absolute atomic E-state index is 5.87. The van der Waals surface area contributed by atoms with E-state index in [2.05, 4.69) is 85.9 Å². The van der Waals surface area contributed by atoms with Gasteiger partial charge >= 0.3 is 0 Å². The minimum Gasteiger partial charge on any atom is -0.351 e. The van der Waals surface area contributed by atoms with Gasteiger partial charge in [-0.15, -0.1) is 0 Å². The molecule has 160 valence electrons. The Balaban J connectivity index is 1.64. The molecule has 6 heteroatoms. The highest BCUT2D eigenvalue weighted by Crippen LogP contribution is 2.44. The Morgan fingerprint density at radius 3 is 2.48 bits per heavy atom. The number of nitrogens with zero attached hydrogens (tertiary/aromatic N) is 3. The summed E-state index contributed by atoms with van der Waals surface area (Å²) in [6.07, 6.45) is 7.07. The molecule has 1 aliphatic carbocycles. The molecule has 0 amide bonds. The third kappa shape index (κ3) is 3.70. The van der Waals surface area contributed by atoms with Crippen molar-refractivity contribution in [2.24, 2.45) is 0 Å². The van der Waals surface area contributed by atoms with Crippen LogP contribution in [-0.4, -0.2) is 14.7 Å². The number of aryl methyl sites for hydroxylation is 1. The largest absolute Gasteiger partial charge is 0.351 e. The molecule has 2 aromatic heterocycles. The average molecular weight is 495 g/mol. The van der Waals surface area contributed by atoms with Crippen molar-refractivity contribution in [1.82, 2.24) is 14.9 Å². The molecule has 1 saturated carbocycles. The second-order valence-electron chi connectivity index (χ2n) is 8.61. The highest BCUT2D eigenvalue weighted by Gasteiger charge is 2.42. The average Bonchev–Trinajstić information content (AvgIpc) is 3.47. The molecule has 0 spiro atoms. The molecule has 0 radical (unpaired) electrons. The summed E-state index contributed by atoms with van der Waals surface area (Å²) in [5.41, 5.74) is 6.13. The van der Waals surface area contributed by atoms with Crippen molar-refractivity contribution < 1.29 is 0 Å². The molecule has 5 rings (SSSR count). The molecular weight excluding hydrogens is 468 g/mol. The first-order chi connectivity index (χ1) is 15.0. The third-order valence-electron chi connectivity index (χ3n) is 6.73. The minimum atomic E-state index is -0.00475. The standard InChI is InChI=1S/C25H27BrN4S/c1-16-15-21(17(2)29(16)19-7-3-4-8-19)24-23(22-9-5-6-14-27-22)28-25(31)30(24)20-12-10-18(26)11-13-20/h5-6,9-15,19,23-24H,3-4,7-8H2,1-2H3,(H,28,31)/t23-,24-/m1/s1. The highest BCUT2D eigenvalue weighted by molar-refractivity contribution is 9.10. The second kappa shape index (κ2) is 8.40. The molecule has 2 fully saturated rings. The van der Waals surface area contributed by atoms with E-state index in [1.165, 1.54) is 42.6 Å². The van der Waals surface area contributed by atoms with Gasteiger partial charge in [-0.2, -0.15) is 0 Å². The fourth-order valence-electron chi connectivity index (χ4n) is 5.38. The van der Waals surface area contributed by atoms with Crippen molar-refractivity contribution in [2.45, 2.75) is 57.7 Å². The summed E-state index contributed by atoms with van der Waals surface area (Å²) in [6, 6.07) is 17.5. The predicted molar refractivity (Wildman–Crippen MR) is 133 cm³/mol. The molecule has 0 bridgehead atoms. The number of anilines is 1. The van der Waals surface area contributed by atoms with E-state index in [1.54, 1.807) is 0 Å². The number of thiocarbonyl (C=S) groups is 1. The Labute approximate surface area is 197 Å². The van der Waals surface area contributed by atoms with Gasteiger partial charge in [0.2, 0.25) is 0 Å². The van der Waals surface area contributed by atoms with Crippen LogP contribution in [-0.2, 0) is 0 Å². The lowest BCUT2D eigenvalue weighted by atomic mass is 9.96. The Kier molecular flexibility index (Phi) is 5.61. The maximum Gasteiger partial charge on any atom is 0.174 e. The first kappa shape index (κ1) is 20.7. The van der Waals surface area contributed by atoms with E-state index in [0.29, 0.717) is 6.04 Å². The van der Waals surface area contributed by atoms with E-state index in [0.717, 1.165) is 21.0 Å². The number of halogens is 1. The smallest absolute Gasteiger partial charge is 0.174 e. The van der Waals surface area contributed by atoms with Gasteiger partial charge in [0, 0.05) is 33.8 Å². The van der Waals surface area contributed by atoms with Gasteiger partial charge in [-0.05, 0) is 86.9 Å². The van der Waals surface area contributed by atoms with Crippen LogP contribution in [0.25, 0.3) is 0 Å². The van der Waals surface area contributed by atoms with E-state index in [1.807, 2.05) is 18.3 Å². The molecule has 3 aromatic rings. The van der Waals surface area contributed by atoms with Crippen molar-refractivity contribution in [1.29, 1.82) is 0 Å². The van der Waals surface area contributed by atoms with Crippen molar-refractivity contribution in [3.8, 4) is 0 Å². The predicted octanol–water partition coefficient (Wildman–Crippen LogP) is 6.55. The van der Waals surface area contributed by atoms with E-state index in [4.69, 9.17) is 12.2 Å². The number of benzene rings is 1. The van der Waals surface area contributed by atoms with Crippen LogP contribution in [0.1, 0.15) is 66.5 Å². The lowest BCUT2D eigenvalue weighted by molar-refractivity contribution is 0.494. The lowest BCUT2D eigenvalue weighted by Crippen LogP contribution is -2.29. The molecular formula is C25H27BrN4S. The normalized spacial score (nSPS) is 21.6. The van der Waals surface area contributed by atoms with Crippen LogP contribution in [0.4, 0.5) is 5.69 Å². The zero-order valence-electron chi connectivity index (χ0n) is 17.9. The molecule has 2 atom stereocenters. The molecule has 1 aliphatic heterocycles. The zero-order valence-corrected chi connectivity index (χ0v) is 20.3. The Bertz CT molecular complexity index is 1090. The summed E-state index contributed by atoms with van der Waals surface area (Å²) >= 11 is 9.43. The van der Waals surface area contributed by atoms with Crippen LogP contribution >= 0.6 is 28.1 Å². The van der Waals surface area contributed by atoms with Gasteiger partial charge in [-0.25, -0.2) is 0 Å². The SMILES string of the molecule is Cc1cc([C@@H]2[C@@H](c3ccccn3)NC(=S)N2c2ccc(Br)cc2)c(C)n1C1CCCC1. The van der Waals surface area contributed by atoms with Gasteiger partial charge in [-0.3, -0.25) is 4.98 Å². The highest BCUT2D eigenvalue weighted by atomic mass is 79.9. The number of hydrogen-bond acceptors (Lipinski definition) is 2. The van der Waals surface area contributed by atoms with Crippen LogP contribution in [0, 0.1) is 13.8 Å². The van der Waals surface area contributed by atoms with Crippen LogP contribution in [0.15, 0.2) is 59.2 Å². The van der Waals surface area contributed by atoms with E-state index in [-0.39, 0.29) is 12.1 Å². The van der Waals surface area contributed by atoms with Crippen molar-refractivity contribution >= 4 is 38.9 Å². The molecule has 3 heterocycles. The van der Waals surface area contributed by atoms with Crippen molar-refractivity contribution in [3.05, 3.63) is 81.8 Å². The van der Waals surface area contributed by atoms with E-state index in [9.17, 15) is 0 Å². The summed E-state index contributed by atoms with van der Waals surface area (Å²) in [5.74, 6) is 0. The number of hydrogen-bond donors (Lipinski definition) is 1. The van der Waals surface area contributed by atoms with Crippen LogP contribution in [0.2, 0.25) is 0 Å². The number of aromatic nitrogens is 2. The monoisotopic (exact) mass is 494 g/mol. The molecule has 31 heavy (non-hydrogen) atoms. The van der Waals surface area contributed by atoms with E-state index >= 15 is 0 Å². The van der Waals surface area contributed by atoms with Gasteiger partial charge in [-0.1, -0.05) is 34.8 Å². The number of nitrogens with one attached hydrogen (secondary N) is 1. The summed E-state index contributed by atoms with van der Waals surface area (Å²) in [6.45, 7) is 4.52. The third-order valence-corrected chi connectivity index (χ3v) is 7.58. The van der Waals surface area contributed by atoms with Crippen LogP contribution < -0.4 is 10.2 Å². The molecule has 1 N–H and O–H groups in total. The summed E-state index contributed by atoms with van der Waals surface area (Å²) in [7, 11) is 0. The molecule has 4 nitrogen and oxygen atoms in total. The quantitative estimate of drug-likeness (QED) is 0.416. The fraction of sp³-hybridized carbons (Fsp3) is 0.360. The molecule has 1 saturated heterocycles. The first-order valence-corrected chi connectivity index (χ1v) is 12.2. The van der Waals surface area contributed by atoms with Gasteiger partial charge < -0.3 is 14.8 Å². The summed E-state index contributed by atoms with van der Waals surface area (Å²) in [5, 5.41) is 4.33. The second-order valence-corrected chi connectivity index (χ2v) is 9.91. The van der Waals surface area contributed by atoms with Crippen molar-refractivity contribution in [3.63, 3.8) is 0 Å². The maximum atomic E-state index is 5.87. The lowest BCUT2D eigenvalue weighted by Gasteiger charge is -2.28. The summed E-state index contributed by atoms with van der Waals surface area (Å²) < 4.78 is 3.63. The Morgan fingerprint density at radius 1 is 1.06 bits per heavy atom. The number of pyridine rings is 1. The Morgan fingerprint density at radius 2 is 1.81 bits per heavy atom. The molecule has 1 aromatic carbocycles. The zero-order chi connectivity index (χ0) is 21.5. The molecule has 0 unspecified atom stereocenters. The Hall–Kier alpha value is -2.18. The fourth-order valence-corrected chi connectivity index (χ4v) is 5.99. The molecule has 2 aliphatic rings. The first-order valence-electron chi connectivity index (χ1n) is 11.0. The topological polar surface area (TPSA) is 33.1 Å². The van der Waals surface area contributed by atoms with Crippen LogP contribution in [0.3, 0.4) is 0 Å². The van der Waals surface area contributed by atoms with Gasteiger partial charge in [0.05, 0.1) is 17.8 Å². The van der Waals surface area contributed by atoms with Crippen LogP contribution in [0.5, 0.6) is 0 Å². The summed E-state index contributed by atoms with van der Waals surface area (Å²) in [4.78, 5) is 6.95. The van der Waals surface area contributed by atoms with Crippen molar-refractivity contribution in [2.75, 3.05) is 4.90 Å². The number of rotatable bonds is 4.